The number of hydrogen-bond donors (Lipinski definition) is 1. The van der Waals surface area contributed by atoms with Crippen molar-refractivity contribution >= 4 is 17.7 Å². The van der Waals surface area contributed by atoms with Gasteiger partial charge in [0.2, 0.25) is 5.91 Å². The fraction of sp³-hybridized carbons (Fsp3) is 0.917. The summed E-state index contributed by atoms with van der Waals surface area (Å²) in [6.07, 6.45) is 3.42. The molecule has 2 rings (SSSR count). The predicted octanol–water partition coefficient (Wildman–Crippen LogP) is 1.48. The number of amides is 1. The van der Waals surface area contributed by atoms with Crippen LogP contribution in [-0.4, -0.2) is 47.0 Å². The normalized spacial score (nSPS) is 30.1. The molecule has 0 aromatic carbocycles. The second kappa shape index (κ2) is 4.96. The molecule has 0 aromatic rings. The Hall–Kier alpha value is -0.220. The van der Waals surface area contributed by atoms with Gasteiger partial charge in [-0.3, -0.25) is 4.79 Å². The van der Waals surface area contributed by atoms with E-state index in [1.54, 1.807) is 0 Å². The van der Waals surface area contributed by atoms with E-state index in [0.29, 0.717) is 5.91 Å². The van der Waals surface area contributed by atoms with Gasteiger partial charge in [0.1, 0.15) is 0 Å². The van der Waals surface area contributed by atoms with Gasteiger partial charge in [-0.2, -0.15) is 11.8 Å². The summed E-state index contributed by atoms with van der Waals surface area (Å²) >= 11 is 1.97. The first-order valence-electron chi connectivity index (χ1n) is 6.25. The molecule has 0 aliphatic carbocycles. The molecular weight excluding hydrogens is 220 g/mol. The number of carbonyl (C=O) groups excluding carboxylic acids is 1. The molecule has 0 unspecified atom stereocenters. The Morgan fingerprint density at radius 1 is 1.44 bits per heavy atom. The standard InChI is InChI=1S/C12H22N2OS/c1-12(2)9-14(7-8-16-12)11(15)10-5-3-4-6-13-10/h10,13H,3-9H2,1-2H3/t10-/m0/s1. The molecule has 2 aliphatic heterocycles. The highest BCUT2D eigenvalue weighted by molar-refractivity contribution is 8.00. The van der Waals surface area contributed by atoms with Crippen LogP contribution in [0.1, 0.15) is 33.1 Å². The van der Waals surface area contributed by atoms with Crippen LogP contribution in [0.15, 0.2) is 0 Å². The number of nitrogens with one attached hydrogen (secondary N) is 1. The summed E-state index contributed by atoms with van der Waals surface area (Å²) in [5.74, 6) is 1.40. The maximum atomic E-state index is 12.3. The van der Waals surface area contributed by atoms with Crippen LogP contribution in [0.5, 0.6) is 0 Å². The number of hydrogen-bond acceptors (Lipinski definition) is 3. The molecule has 1 N–H and O–H groups in total. The van der Waals surface area contributed by atoms with Crippen LogP contribution in [0.2, 0.25) is 0 Å². The van der Waals surface area contributed by atoms with Gasteiger partial charge in [-0.05, 0) is 33.2 Å². The van der Waals surface area contributed by atoms with Gasteiger partial charge in [0.05, 0.1) is 6.04 Å². The van der Waals surface area contributed by atoms with E-state index in [9.17, 15) is 4.79 Å². The number of carbonyl (C=O) groups is 1. The van der Waals surface area contributed by atoms with Crippen molar-refractivity contribution in [2.75, 3.05) is 25.4 Å². The molecule has 92 valence electrons. The third-order valence-corrected chi connectivity index (χ3v) is 4.64. The van der Waals surface area contributed by atoms with Crippen molar-refractivity contribution in [2.45, 2.75) is 43.9 Å². The van der Waals surface area contributed by atoms with Gasteiger partial charge >= 0.3 is 0 Å². The number of thioether (sulfide) groups is 1. The quantitative estimate of drug-likeness (QED) is 0.756. The zero-order valence-corrected chi connectivity index (χ0v) is 11.1. The predicted molar refractivity (Wildman–Crippen MR) is 68.8 cm³/mol. The van der Waals surface area contributed by atoms with Crippen molar-refractivity contribution in [3.63, 3.8) is 0 Å². The van der Waals surface area contributed by atoms with E-state index in [1.807, 2.05) is 11.8 Å². The van der Waals surface area contributed by atoms with Crippen LogP contribution in [-0.2, 0) is 4.79 Å². The molecule has 4 heteroatoms. The minimum absolute atomic E-state index is 0.0904. The van der Waals surface area contributed by atoms with Gasteiger partial charge < -0.3 is 10.2 Å². The highest BCUT2D eigenvalue weighted by atomic mass is 32.2. The molecule has 1 atom stereocenters. The van der Waals surface area contributed by atoms with E-state index in [2.05, 4.69) is 24.1 Å². The lowest BCUT2D eigenvalue weighted by atomic mass is 10.0. The molecule has 2 heterocycles. The van der Waals surface area contributed by atoms with Gasteiger partial charge in [-0.25, -0.2) is 0 Å². The van der Waals surface area contributed by atoms with Crippen LogP contribution in [0, 0.1) is 0 Å². The third kappa shape index (κ3) is 2.92. The van der Waals surface area contributed by atoms with Gasteiger partial charge in [-0.1, -0.05) is 6.42 Å². The maximum absolute atomic E-state index is 12.3. The average molecular weight is 242 g/mol. The topological polar surface area (TPSA) is 32.3 Å². The summed E-state index contributed by atoms with van der Waals surface area (Å²) < 4.78 is 0.225. The average Bonchev–Trinajstić information content (AvgIpc) is 2.28. The Kier molecular flexibility index (Phi) is 3.80. The molecule has 1 amide bonds. The summed E-state index contributed by atoms with van der Waals surface area (Å²) in [5.41, 5.74) is 0. The largest absolute Gasteiger partial charge is 0.339 e. The number of nitrogens with zero attached hydrogens (tertiary/aromatic N) is 1. The zero-order valence-electron chi connectivity index (χ0n) is 10.3. The maximum Gasteiger partial charge on any atom is 0.239 e. The molecular formula is C12H22N2OS. The van der Waals surface area contributed by atoms with Gasteiger partial charge in [0.25, 0.3) is 0 Å². The van der Waals surface area contributed by atoms with E-state index in [0.717, 1.165) is 31.8 Å². The number of rotatable bonds is 1. The lowest BCUT2D eigenvalue weighted by Crippen LogP contribution is -2.54. The molecule has 2 saturated heterocycles. The van der Waals surface area contributed by atoms with Crippen molar-refractivity contribution < 1.29 is 4.79 Å². The molecule has 0 aromatic heterocycles. The van der Waals surface area contributed by atoms with Gasteiger partial charge in [0, 0.05) is 23.6 Å². The molecule has 2 aliphatic rings. The minimum atomic E-state index is 0.0904. The molecule has 16 heavy (non-hydrogen) atoms. The molecule has 0 saturated carbocycles. The molecule has 3 nitrogen and oxygen atoms in total. The van der Waals surface area contributed by atoms with E-state index in [-0.39, 0.29) is 10.8 Å². The molecule has 2 fully saturated rings. The zero-order chi connectivity index (χ0) is 11.6. The molecule has 0 bridgehead atoms. The second-order valence-electron chi connectivity index (χ2n) is 5.37. The Morgan fingerprint density at radius 3 is 2.88 bits per heavy atom. The second-order valence-corrected chi connectivity index (χ2v) is 7.17. The van der Waals surface area contributed by atoms with Gasteiger partial charge in [-0.15, -0.1) is 0 Å². The Bertz CT molecular complexity index is 262. The SMILES string of the molecule is CC1(C)CN(C(=O)[C@@H]2CCCCN2)CCS1. The van der Waals surface area contributed by atoms with Crippen LogP contribution in [0.4, 0.5) is 0 Å². The monoisotopic (exact) mass is 242 g/mol. The van der Waals surface area contributed by atoms with E-state index in [1.165, 1.54) is 12.8 Å². The highest BCUT2D eigenvalue weighted by Crippen LogP contribution is 2.30. The minimum Gasteiger partial charge on any atom is -0.339 e. The van der Waals surface area contributed by atoms with Crippen LogP contribution < -0.4 is 5.32 Å². The highest BCUT2D eigenvalue weighted by Gasteiger charge is 2.33. The Balaban J connectivity index is 1.93. The smallest absolute Gasteiger partial charge is 0.239 e. The Labute approximate surface area is 102 Å². The van der Waals surface area contributed by atoms with Crippen molar-refractivity contribution in [3.05, 3.63) is 0 Å². The summed E-state index contributed by atoms with van der Waals surface area (Å²) in [7, 11) is 0. The molecule has 0 radical (unpaired) electrons. The summed E-state index contributed by atoms with van der Waals surface area (Å²) in [5, 5.41) is 3.35. The van der Waals surface area contributed by atoms with Crippen LogP contribution in [0.25, 0.3) is 0 Å². The van der Waals surface area contributed by atoms with Crippen molar-refractivity contribution in [2.24, 2.45) is 0 Å². The van der Waals surface area contributed by atoms with Crippen LogP contribution >= 0.6 is 11.8 Å². The fourth-order valence-corrected chi connectivity index (χ4v) is 3.60. The Morgan fingerprint density at radius 2 is 2.25 bits per heavy atom. The summed E-state index contributed by atoms with van der Waals surface area (Å²) in [6.45, 7) is 7.28. The summed E-state index contributed by atoms with van der Waals surface area (Å²) in [6, 6.07) is 0.0904. The first kappa shape index (κ1) is 12.2. The summed E-state index contributed by atoms with van der Waals surface area (Å²) in [4.78, 5) is 14.4. The van der Waals surface area contributed by atoms with Gasteiger partial charge in [0.15, 0.2) is 0 Å². The lowest BCUT2D eigenvalue weighted by molar-refractivity contribution is -0.134. The van der Waals surface area contributed by atoms with Crippen molar-refractivity contribution in [1.82, 2.24) is 10.2 Å². The van der Waals surface area contributed by atoms with Crippen molar-refractivity contribution in [1.29, 1.82) is 0 Å². The third-order valence-electron chi connectivity index (χ3n) is 3.35. The van der Waals surface area contributed by atoms with E-state index in [4.69, 9.17) is 0 Å². The van der Waals surface area contributed by atoms with Crippen molar-refractivity contribution in [3.8, 4) is 0 Å². The number of piperidine rings is 1. The fourth-order valence-electron chi connectivity index (χ4n) is 2.49. The van der Waals surface area contributed by atoms with E-state index < -0.39 is 0 Å². The molecule has 0 spiro atoms. The first-order valence-corrected chi connectivity index (χ1v) is 7.23. The lowest BCUT2D eigenvalue weighted by Gasteiger charge is -2.39. The van der Waals surface area contributed by atoms with Crippen LogP contribution in [0.3, 0.4) is 0 Å². The first-order chi connectivity index (χ1) is 7.58. The van der Waals surface area contributed by atoms with E-state index >= 15 is 0 Å².